The van der Waals surface area contributed by atoms with Crippen LogP contribution in [0.5, 0.6) is 0 Å². The zero-order chi connectivity index (χ0) is 16.5. The Labute approximate surface area is 137 Å². The fourth-order valence-electron chi connectivity index (χ4n) is 2.41. The number of halogens is 1. The number of rotatable bonds is 7. The van der Waals surface area contributed by atoms with E-state index in [-0.39, 0.29) is 0 Å². The molecule has 0 unspecified atom stereocenters. The molecule has 0 amide bonds. The van der Waals surface area contributed by atoms with Gasteiger partial charge in [0.05, 0.1) is 0 Å². The van der Waals surface area contributed by atoms with Gasteiger partial charge in [0.25, 0.3) is 0 Å². The first kappa shape index (κ1) is 17.2. The summed E-state index contributed by atoms with van der Waals surface area (Å²) in [6.45, 7) is 3.34. The lowest BCUT2D eigenvalue weighted by atomic mass is 10.3. The zero-order valence-corrected chi connectivity index (χ0v) is 13.8. The largest absolute Gasteiger partial charge is 0.309 e. The average molecular weight is 326 g/mol. The highest BCUT2D eigenvalue weighted by Gasteiger charge is 2.29. The van der Waals surface area contributed by atoms with Crippen molar-refractivity contribution in [3.63, 3.8) is 0 Å². The highest BCUT2D eigenvalue weighted by Crippen LogP contribution is 2.52. The van der Waals surface area contributed by atoms with Crippen molar-refractivity contribution >= 4 is 17.8 Å². The summed E-state index contributed by atoms with van der Waals surface area (Å²) in [6.07, 6.45) is 7.20. The Balaban J connectivity index is 2.56. The summed E-state index contributed by atoms with van der Waals surface area (Å²) in [7, 11) is -2.97. The summed E-state index contributed by atoms with van der Waals surface area (Å²) in [5.41, 5.74) is 0. The molecule has 23 heavy (non-hydrogen) atoms. The van der Waals surface area contributed by atoms with Crippen LogP contribution in [0.4, 0.5) is 4.39 Å². The second-order valence-electron chi connectivity index (χ2n) is 4.97. The lowest BCUT2D eigenvalue weighted by Crippen LogP contribution is -2.16. The Hall–Kier alpha value is -2.18. The predicted octanol–water partition coefficient (Wildman–Crippen LogP) is 4.99. The molecule has 2 aromatic rings. The predicted molar refractivity (Wildman–Crippen MR) is 97.8 cm³/mol. The minimum atomic E-state index is -2.97. The van der Waals surface area contributed by atoms with Crippen LogP contribution in [-0.4, -0.2) is 6.67 Å². The Bertz CT molecular complexity index is 689. The molecule has 2 aromatic carbocycles. The van der Waals surface area contributed by atoms with Crippen LogP contribution in [-0.2, 0) is 4.57 Å². The highest BCUT2D eigenvalue weighted by molar-refractivity contribution is 7.82. The molecule has 0 fully saturated rings. The van der Waals surface area contributed by atoms with Crippen LogP contribution in [0.1, 0.15) is 6.42 Å². The van der Waals surface area contributed by atoms with Crippen LogP contribution in [0.15, 0.2) is 96.9 Å². The fraction of sp³-hybridized carbons (Fsp3) is 0.100. The second-order valence-corrected chi connectivity index (χ2v) is 7.74. The van der Waals surface area contributed by atoms with Gasteiger partial charge < -0.3 is 4.57 Å². The van der Waals surface area contributed by atoms with Gasteiger partial charge in [0.1, 0.15) is 6.67 Å². The minimum absolute atomic E-state index is 0.494. The third kappa shape index (κ3) is 3.97. The van der Waals surface area contributed by atoms with Gasteiger partial charge in [-0.15, -0.1) is 0 Å². The summed E-state index contributed by atoms with van der Waals surface area (Å²) in [6, 6.07) is 18.9. The standard InChI is InChI=1S/C20H20FOP/c1-2-18(12-10-5-11-17-21)23(22,19-13-6-3-7-14-19)20-15-8-4-9-16-20/h2-9,11-16H,1,10,17H2/b11-5-,18-12-. The molecular weight excluding hydrogens is 306 g/mol. The van der Waals surface area contributed by atoms with Crippen LogP contribution in [0, 0.1) is 0 Å². The monoisotopic (exact) mass is 326 g/mol. The number of hydrogen-bond donors (Lipinski definition) is 0. The van der Waals surface area contributed by atoms with Gasteiger partial charge in [-0.25, -0.2) is 4.39 Å². The Morgan fingerprint density at radius 3 is 1.91 bits per heavy atom. The quantitative estimate of drug-likeness (QED) is 0.398. The van der Waals surface area contributed by atoms with E-state index in [0.717, 1.165) is 10.6 Å². The van der Waals surface area contributed by atoms with E-state index in [0.29, 0.717) is 11.7 Å². The van der Waals surface area contributed by atoms with E-state index < -0.39 is 13.8 Å². The van der Waals surface area contributed by atoms with E-state index in [1.54, 1.807) is 12.2 Å². The first-order valence-corrected chi connectivity index (χ1v) is 9.19. The lowest BCUT2D eigenvalue weighted by molar-refractivity contribution is 0.561. The first-order valence-electron chi connectivity index (χ1n) is 7.49. The molecule has 0 radical (unpaired) electrons. The van der Waals surface area contributed by atoms with Crippen LogP contribution in [0.2, 0.25) is 0 Å². The third-order valence-electron chi connectivity index (χ3n) is 3.53. The lowest BCUT2D eigenvalue weighted by Gasteiger charge is -2.20. The van der Waals surface area contributed by atoms with Gasteiger partial charge in [0, 0.05) is 15.9 Å². The zero-order valence-electron chi connectivity index (χ0n) is 12.9. The van der Waals surface area contributed by atoms with E-state index in [4.69, 9.17) is 0 Å². The van der Waals surface area contributed by atoms with E-state index >= 15 is 0 Å². The maximum Gasteiger partial charge on any atom is 0.170 e. The van der Waals surface area contributed by atoms with Crippen molar-refractivity contribution in [2.75, 3.05) is 6.67 Å². The van der Waals surface area contributed by atoms with Crippen molar-refractivity contribution in [3.8, 4) is 0 Å². The molecule has 0 saturated carbocycles. The molecule has 2 rings (SSSR count). The van der Waals surface area contributed by atoms with Gasteiger partial charge in [-0.05, 0) is 6.42 Å². The molecule has 0 heterocycles. The topological polar surface area (TPSA) is 17.1 Å². The summed E-state index contributed by atoms with van der Waals surface area (Å²) >= 11 is 0. The summed E-state index contributed by atoms with van der Waals surface area (Å²) in [5, 5.41) is 2.22. The Morgan fingerprint density at radius 2 is 1.48 bits per heavy atom. The van der Waals surface area contributed by atoms with Crippen molar-refractivity contribution < 1.29 is 8.96 Å². The van der Waals surface area contributed by atoms with Crippen LogP contribution >= 0.6 is 7.14 Å². The van der Waals surface area contributed by atoms with Crippen molar-refractivity contribution in [1.82, 2.24) is 0 Å². The summed E-state index contributed by atoms with van der Waals surface area (Å²) in [4.78, 5) is 0. The van der Waals surface area contributed by atoms with Gasteiger partial charge in [-0.2, -0.15) is 0 Å². The van der Waals surface area contributed by atoms with Crippen LogP contribution < -0.4 is 10.6 Å². The van der Waals surface area contributed by atoms with E-state index in [2.05, 4.69) is 6.58 Å². The maximum absolute atomic E-state index is 14.0. The number of allylic oxidation sites excluding steroid dienone is 5. The van der Waals surface area contributed by atoms with Crippen LogP contribution in [0.25, 0.3) is 0 Å². The maximum atomic E-state index is 14.0. The molecule has 0 atom stereocenters. The Morgan fingerprint density at radius 1 is 0.957 bits per heavy atom. The first-order chi connectivity index (χ1) is 11.2. The fourth-order valence-corrected chi connectivity index (χ4v) is 5.11. The van der Waals surface area contributed by atoms with E-state index in [1.807, 2.05) is 66.7 Å². The van der Waals surface area contributed by atoms with Gasteiger partial charge in [-0.3, -0.25) is 0 Å². The van der Waals surface area contributed by atoms with Gasteiger partial charge in [0.2, 0.25) is 0 Å². The highest BCUT2D eigenvalue weighted by atomic mass is 31.2. The molecule has 3 heteroatoms. The van der Waals surface area contributed by atoms with Crippen molar-refractivity contribution in [2.45, 2.75) is 6.42 Å². The number of benzene rings is 2. The summed E-state index contributed by atoms with van der Waals surface area (Å²) < 4.78 is 26.2. The van der Waals surface area contributed by atoms with E-state index in [9.17, 15) is 8.96 Å². The molecule has 0 aromatic heterocycles. The molecule has 0 aliphatic rings. The number of alkyl halides is 1. The molecule has 0 bridgehead atoms. The average Bonchev–Trinajstić information content (AvgIpc) is 2.63. The van der Waals surface area contributed by atoms with Crippen molar-refractivity contribution in [3.05, 3.63) is 96.9 Å². The van der Waals surface area contributed by atoms with Gasteiger partial charge in [-0.1, -0.05) is 91.5 Å². The third-order valence-corrected chi connectivity index (χ3v) is 6.67. The summed E-state index contributed by atoms with van der Waals surface area (Å²) in [5.74, 6) is 0. The molecule has 0 saturated heterocycles. The van der Waals surface area contributed by atoms with Gasteiger partial charge in [0.15, 0.2) is 7.14 Å². The van der Waals surface area contributed by atoms with Crippen molar-refractivity contribution in [1.29, 1.82) is 0 Å². The second kappa shape index (κ2) is 8.45. The minimum Gasteiger partial charge on any atom is -0.309 e. The molecule has 118 valence electrons. The SMILES string of the molecule is C=C/C(=C/C/C=C\CF)P(=O)(c1ccccc1)c1ccccc1. The van der Waals surface area contributed by atoms with Crippen molar-refractivity contribution in [2.24, 2.45) is 0 Å². The molecule has 0 N–H and O–H groups in total. The molecule has 1 nitrogen and oxygen atoms in total. The smallest absolute Gasteiger partial charge is 0.170 e. The Kier molecular flexibility index (Phi) is 6.31. The number of hydrogen-bond acceptors (Lipinski definition) is 1. The van der Waals surface area contributed by atoms with E-state index in [1.165, 1.54) is 6.08 Å². The molecule has 0 spiro atoms. The molecule has 0 aliphatic heterocycles. The molecular formula is C20H20FOP. The van der Waals surface area contributed by atoms with Gasteiger partial charge >= 0.3 is 0 Å². The normalized spacial score (nSPS) is 12.5. The molecule has 0 aliphatic carbocycles. The van der Waals surface area contributed by atoms with Crippen LogP contribution in [0.3, 0.4) is 0 Å².